The molecule has 0 saturated heterocycles. The number of nitrogens with one attached hydrogen (secondary N) is 9. The first kappa shape index (κ1) is 81.1. The van der Waals surface area contributed by atoms with Gasteiger partial charge in [-0.15, -0.1) is 12.4 Å². The highest BCUT2D eigenvalue weighted by Gasteiger charge is 2.33. The third-order valence-electron chi connectivity index (χ3n) is 13.7. The summed E-state index contributed by atoms with van der Waals surface area (Å²) in [6.07, 6.45) is 3.20. The number of rotatable bonds is 29. The van der Waals surface area contributed by atoms with E-state index in [1.807, 2.05) is 60.8 Å². The van der Waals surface area contributed by atoms with Crippen molar-refractivity contribution in [1.82, 2.24) is 47.2 Å². The number of nitrogens with two attached hydrogens (primary N) is 3. The van der Waals surface area contributed by atoms with Crippen molar-refractivity contribution in [2.45, 2.75) is 140 Å². The number of methoxy groups -OCH3 is 2. The first-order valence-corrected chi connectivity index (χ1v) is 30.5. The van der Waals surface area contributed by atoms with E-state index >= 15 is 0 Å². The number of para-hydroxylation sites is 2. The zero-order chi connectivity index (χ0) is 71.8. The predicted molar refractivity (Wildman–Crippen MR) is 365 cm³/mol. The topological polar surface area (TPSA) is 499 Å². The maximum atomic E-state index is 13.8. The number of carboxylic acids is 1. The van der Waals surface area contributed by atoms with Crippen LogP contribution < -0.4 is 54.4 Å². The Kier molecular flexibility index (Phi) is 33.4. The SMILES string of the molecule is CC(C)(C)OC(=O)N[C@H](Cc1ccccc1)C(=O)N[C@@H](CCCN/C(N)=N/[N+](=O)[O-])C(=O)O.COC(=O)[C@@H](N)Cc1c[nH]c2ccccc12.COC(=O)[C@H](Cc1c[nH]c2ccccc12)NC(=O)[C@H](CCCN/C(N)=N/[N+](=O)[O-])NC(=O)[C@@H](Cc1ccccc1)NC(=O)OC(C)(C)C.Cl. The molecule has 2 heterocycles. The van der Waals surface area contributed by atoms with E-state index in [0.29, 0.717) is 6.42 Å². The molecule has 98 heavy (non-hydrogen) atoms. The van der Waals surface area contributed by atoms with Gasteiger partial charge in [-0.05, 0) is 102 Å². The highest BCUT2D eigenvalue weighted by atomic mass is 35.5. The Morgan fingerprint density at radius 1 is 0.520 bits per heavy atom. The summed E-state index contributed by atoms with van der Waals surface area (Å²) in [6.45, 7) is 10.3. The van der Waals surface area contributed by atoms with Crippen molar-refractivity contribution >= 4 is 93.9 Å². The summed E-state index contributed by atoms with van der Waals surface area (Å²) in [6, 6.07) is 26.9. The second kappa shape index (κ2) is 40.3. The van der Waals surface area contributed by atoms with Gasteiger partial charge in [-0.2, -0.15) is 0 Å². The number of esters is 2. The fraction of sp³-hybridized carbons (Fsp3) is 0.406. The second-order valence-corrected chi connectivity index (χ2v) is 23.7. The number of aliphatic carboxylic acids is 1. The van der Waals surface area contributed by atoms with Crippen molar-refractivity contribution in [3.63, 3.8) is 0 Å². The smallest absolute Gasteiger partial charge is 0.408 e. The van der Waals surface area contributed by atoms with E-state index in [2.05, 4.69) is 62.1 Å². The van der Waals surface area contributed by atoms with E-state index in [1.54, 1.807) is 102 Å². The van der Waals surface area contributed by atoms with Crippen LogP contribution in [0.5, 0.6) is 0 Å². The van der Waals surface area contributed by atoms with E-state index in [1.165, 1.54) is 14.2 Å². The highest BCUT2D eigenvalue weighted by molar-refractivity contribution is 5.94. The molecule has 16 N–H and O–H groups in total. The molecular weight excluding hydrogens is 1300 g/mol. The third-order valence-corrected chi connectivity index (χ3v) is 13.7. The number of carbonyl (C=O) groups is 8. The highest BCUT2D eigenvalue weighted by Crippen LogP contribution is 2.21. The Labute approximate surface area is 570 Å². The van der Waals surface area contributed by atoms with Crippen molar-refractivity contribution in [2.75, 3.05) is 27.3 Å². The van der Waals surface area contributed by atoms with Gasteiger partial charge in [0.1, 0.15) is 57.7 Å². The monoisotopic (exact) mass is 1390 g/mol. The zero-order valence-electron chi connectivity index (χ0n) is 55.5. The number of aromatic amines is 2. The molecule has 34 heteroatoms. The van der Waals surface area contributed by atoms with Crippen LogP contribution in [0.4, 0.5) is 9.59 Å². The van der Waals surface area contributed by atoms with Crippen molar-refractivity contribution in [3.05, 3.63) is 164 Å². The predicted octanol–water partition coefficient (Wildman–Crippen LogP) is 4.07. The number of carboxylic acid groups (broad SMARTS) is 1. The maximum Gasteiger partial charge on any atom is 0.408 e. The van der Waals surface area contributed by atoms with E-state index in [0.717, 1.165) is 44.1 Å². The lowest BCUT2D eigenvalue weighted by Crippen LogP contribution is -2.57. The molecule has 0 unspecified atom stereocenters. The minimum absolute atomic E-state index is 0. The van der Waals surface area contributed by atoms with Gasteiger partial charge in [-0.3, -0.25) is 19.2 Å². The molecule has 6 rings (SSSR count). The molecule has 0 spiro atoms. The molecule has 0 aliphatic carbocycles. The van der Waals surface area contributed by atoms with Crippen molar-refractivity contribution < 1.29 is 72.5 Å². The standard InChI is InChI=1S/C32H42N8O8.C20H30N6O7.C12H14N2O2.ClH/c1-32(2,3)48-31(44)38-25(17-20-11-6-5-7-12-20)28(42)36-24(15-10-16-34-30(33)39-40(45)46)27(41)37-26(29(43)47-4)18-21-19-35-23-14-9-8-13-22(21)23;1-20(2,3)33-19(30)24-15(12-13-8-5-4-6-9-13)16(27)23-14(17(28)29)10-7-11-22-18(21)25-26(31)32;1-16-12(15)10(13)6-8-7-14-11-5-3-2-4-9(8)11;/h5-9,11-14,19,24-26,35H,10,15-18H2,1-4H3,(H,36,42)(H,37,41)(H,38,44)(H3,33,34,39);4-6,8-9,14-15H,7,10-12H2,1-3H3,(H,23,27)(H,24,30)(H,28,29)(H3,21,22,25);2-5,7,10,14H,6,13H2,1H3;1H/t24-,25+,26-;14-,15+;10-;/m000./s1. The van der Waals surface area contributed by atoms with Crippen LogP contribution in [0.3, 0.4) is 0 Å². The summed E-state index contributed by atoms with van der Waals surface area (Å²) in [7, 11) is 2.55. The number of benzene rings is 4. The molecule has 0 aliphatic heterocycles. The fourth-order valence-corrected chi connectivity index (χ4v) is 9.28. The van der Waals surface area contributed by atoms with Gasteiger partial charge in [0.2, 0.25) is 17.7 Å². The number of hydrogen-bond acceptors (Lipinski definition) is 17. The maximum absolute atomic E-state index is 13.8. The number of carbonyl (C=O) groups excluding carboxylic acids is 7. The summed E-state index contributed by atoms with van der Waals surface area (Å²) in [4.78, 5) is 128. The number of ether oxygens (including phenoxy) is 4. The number of halogens is 1. The molecule has 0 bridgehead atoms. The zero-order valence-corrected chi connectivity index (χ0v) is 56.3. The first-order valence-electron chi connectivity index (χ1n) is 30.5. The second-order valence-electron chi connectivity index (χ2n) is 23.7. The lowest BCUT2D eigenvalue weighted by atomic mass is 10.0. The molecule has 0 fully saturated rings. The van der Waals surface area contributed by atoms with E-state index in [-0.39, 0.29) is 76.4 Å². The van der Waals surface area contributed by atoms with Crippen LogP contribution in [0.25, 0.3) is 21.8 Å². The molecule has 5 amide bonds. The van der Waals surface area contributed by atoms with Gasteiger partial charge in [-0.1, -0.05) is 97.1 Å². The fourth-order valence-electron chi connectivity index (χ4n) is 9.28. The van der Waals surface area contributed by atoms with E-state index < -0.39 is 111 Å². The van der Waals surface area contributed by atoms with E-state index in [4.69, 9.17) is 31.4 Å². The average molecular weight is 1390 g/mol. The number of hydrazone groups is 2. The van der Waals surface area contributed by atoms with Gasteiger partial charge in [0.15, 0.2) is 10.1 Å². The molecule has 0 radical (unpaired) electrons. The number of guanidine groups is 2. The number of fused-ring (bicyclic) bond motifs is 2. The van der Waals surface area contributed by atoms with Crippen LogP contribution in [-0.4, -0.2) is 160 Å². The number of hydrogen-bond donors (Lipinski definition) is 13. The van der Waals surface area contributed by atoms with Gasteiger partial charge in [0.05, 0.1) is 14.2 Å². The van der Waals surface area contributed by atoms with Crippen LogP contribution in [0.1, 0.15) is 89.5 Å². The van der Waals surface area contributed by atoms with Gasteiger partial charge in [0.25, 0.3) is 11.9 Å². The molecule has 0 aliphatic rings. The molecule has 2 aromatic heterocycles. The van der Waals surface area contributed by atoms with Gasteiger partial charge < -0.3 is 88.4 Å². The molecule has 532 valence electrons. The van der Waals surface area contributed by atoms with Gasteiger partial charge in [-0.25, -0.2) is 39.4 Å². The van der Waals surface area contributed by atoms with Crippen molar-refractivity contribution in [3.8, 4) is 0 Å². The number of nitrogens with zero attached hydrogens (tertiary/aromatic N) is 4. The minimum Gasteiger partial charge on any atom is -0.480 e. The third kappa shape index (κ3) is 30.1. The molecule has 6 aromatic rings. The lowest BCUT2D eigenvalue weighted by Gasteiger charge is -2.26. The first-order chi connectivity index (χ1) is 45.8. The van der Waals surface area contributed by atoms with Crippen LogP contribution >= 0.6 is 12.4 Å². The molecule has 0 saturated carbocycles. The molecular formula is C64H87ClN16O17. The summed E-state index contributed by atoms with van der Waals surface area (Å²) in [5.41, 5.74) is 20.1. The van der Waals surface area contributed by atoms with Crippen LogP contribution in [-0.2, 0) is 73.4 Å². The lowest BCUT2D eigenvalue weighted by molar-refractivity contribution is -0.485. The van der Waals surface area contributed by atoms with Crippen LogP contribution in [0, 0.1) is 20.2 Å². The molecule has 33 nitrogen and oxygen atoms in total. The van der Waals surface area contributed by atoms with Crippen LogP contribution in [0.15, 0.2) is 132 Å². The number of nitro groups is 2. The van der Waals surface area contributed by atoms with Crippen LogP contribution in [0.2, 0.25) is 0 Å². The summed E-state index contributed by atoms with van der Waals surface area (Å²) >= 11 is 0. The van der Waals surface area contributed by atoms with Gasteiger partial charge >= 0.3 is 30.1 Å². The number of aromatic nitrogens is 2. The summed E-state index contributed by atoms with van der Waals surface area (Å²) < 4.78 is 20.2. The van der Waals surface area contributed by atoms with Crippen molar-refractivity contribution in [2.24, 2.45) is 27.4 Å². The Hall–Kier alpha value is -11.1. The minimum atomic E-state index is -1.27. The molecule has 4 aromatic carbocycles. The Balaban J connectivity index is 0.000000429. The molecule has 6 atom stereocenters. The Morgan fingerprint density at radius 3 is 1.29 bits per heavy atom. The average Bonchev–Trinajstić information content (AvgIpc) is 1.67. The summed E-state index contributed by atoms with van der Waals surface area (Å²) in [5.74, 6) is -5.27. The number of alkyl carbamates (subject to hydrolysis) is 2. The Bertz CT molecular complexity index is 3670. The largest absolute Gasteiger partial charge is 0.480 e. The quantitative estimate of drug-likeness (QED) is 0.00599. The number of H-pyrrole nitrogens is 2. The van der Waals surface area contributed by atoms with Crippen molar-refractivity contribution in [1.29, 1.82) is 0 Å². The Morgan fingerprint density at radius 2 is 0.888 bits per heavy atom. The van der Waals surface area contributed by atoms with Gasteiger partial charge in [0, 0.05) is 73.0 Å². The van der Waals surface area contributed by atoms with E-state index in [9.17, 15) is 63.7 Å². The number of amides is 5. The summed E-state index contributed by atoms with van der Waals surface area (Å²) in [5, 5.41) is 54.1. The normalized spacial score (nSPS) is 13.2.